The van der Waals surface area contributed by atoms with E-state index < -0.39 is 6.10 Å². The summed E-state index contributed by atoms with van der Waals surface area (Å²) < 4.78 is 10.6. The van der Waals surface area contributed by atoms with E-state index in [1.807, 2.05) is 0 Å². The zero-order valence-electron chi connectivity index (χ0n) is 29.9. The first kappa shape index (κ1) is 43.4. The van der Waals surface area contributed by atoms with Crippen molar-refractivity contribution >= 4 is 11.9 Å². The molecule has 0 saturated heterocycles. The van der Waals surface area contributed by atoms with E-state index in [4.69, 9.17) is 9.47 Å². The summed E-state index contributed by atoms with van der Waals surface area (Å²) in [5.74, 6) is -0.602. The Labute approximate surface area is 279 Å². The molecule has 1 N–H and O–H groups in total. The van der Waals surface area contributed by atoms with Gasteiger partial charge in [-0.05, 0) is 64.2 Å². The number of ether oxygens (including phenoxy) is 2. The van der Waals surface area contributed by atoms with Crippen molar-refractivity contribution in [1.82, 2.24) is 0 Å². The van der Waals surface area contributed by atoms with Crippen LogP contribution in [0.25, 0.3) is 0 Å². The molecule has 0 aliphatic heterocycles. The van der Waals surface area contributed by atoms with E-state index in [2.05, 4.69) is 38.2 Å². The maximum atomic E-state index is 12.2. The van der Waals surface area contributed by atoms with Gasteiger partial charge in [0.15, 0.2) is 6.10 Å². The van der Waals surface area contributed by atoms with Crippen LogP contribution in [0.5, 0.6) is 0 Å². The summed E-state index contributed by atoms with van der Waals surface area (Å²) in [5.41, 5.74) is 0. The average Bonchev–Trinajstić information content (AvgIpc) is 3.04. The topological polar surface area (TPSA) is 72.8 Å². The zero-order chi connectivity index (χ0) is 32.9. The number of aliphatic hydroxyl groups is 1. The lowest BCUT2D eigenvalue weighted by atomic mass is 10.1. The van der Waals surface area contributed by atoms with Gasteiger partial charge < -0.3 is 14.6 Å². The molecule has 0 rings (SSSR count). The van der Waals surface area contributed by atoms with Gasteiger partial charge in [-0.15, -0.1) is 0 Å². The Kier molecular flexibility index (Phi) is 35.5. The van der Waals surface area contributed by atoms with E-state index in [0.717, 1.165) is 44.9 Å². The molecule has 0 radical (unpaired) electrons. The quantitative estimate of drug-likeness (QED) is 0.0426. The second kappa shape index (κ2) is 36.8. The number of hydrogen-bond acceptors (Lipinski definition) is 5. The number of unbranched alkanes of at least 4 members (excludes halogenated alkanes) is 23. The lowest BCUT2D eigenvalue weighted by Crippen LogP contribution is -2.28. The highest BCUT2D eigenvalue weighted by Gasteiger charge is 2.16. The SMILES string of the molecule is CCCCCC/C=C\CCCCCCCC(=O)OCC(CO)OC(=O)CCCCCCCCC/C=C\CCCCCCCCC. The third-order valence-electron chi connectivity index (χ3n) is 8.47. The van der Waals surface area contributed by atoms with E-state index in [-0.39, 0.29) is 25.2 Å². The molecule has 0 bridgehead atoms. The second-order valence-corrected chi connectivity index (χ2v) is 13.0. The molecule has 5 nitrogen and oxygen atoms in total. The van der Waals surface area contributed by atoms with Crippen molar-refractivity contribution in [1.29, 1.82) is 0 Å². The molecule has 0 aromatic rings. The van der Waals surface area contributed by atoms with E-state index >= 15 is 0 Å². The Morgan fingerprint density at radius 3 is 1.22 bits per heavy atom. The summed E-state index contributed by atoms with van der Waals surface area (Å²) >= 11 is 0. The first-order chi connectivity index (χ1) is 22.1. The normalized spacial score (nSPS) is 12.3. The van der Waals surface area contributed by atoms with Crippen LogP contribution in [-0.2, 0) is 19.1 Å². The fourth-order valence-corrected chi connectivity index (χ4v) is 5.48. The van der Waals surface area contributed by atoms with Gasteiger partial charge in [0.05, 0.1) is 6.61 Å². The second-order valence-electron chi connectivity index (χ2n) is 13.0. The Morgan fingerprint density at radius 1 is 0.489 bits per heavy atom. The van der Waals surface area contributed by atoms with Crippen LogP contribution in [-0.4, -0.2) is 36.4 Å². The molecule has 5 heteroatoms. The predicted molar refractivity (Wildman–Crippen MR) is 191 cm³/mol. The molecule has 264 valence electrons. The molecular weight excluding hydrogens is 560 g/mol. The third kappa shape index (κ3) is 35.1. The predicted octanol–water partition coefficient (Wildman–Crippen LogP) is 11.9. The van der Waals surface area contributed by atoms with E-state index in [9.17, 15) is 14.7 Å². The summed E-state index contributed by atoms with van der Waals surface area (Å²) in [4.78, 5) is 24.2. The van der Waals surface area contributed by atoms with E-state index in [1.54, 1.807) is 0 Å². The van der Waals surface area contributed by atoms with Crippen LogP contribution in [0.4, 0.5) is 0 Å². The van der Waals surface area contributed by atoms with Gasteiger partial charge in [-0.25, -0.2) is 0 Å². The summed E-state index contributed by atoms with van der Waals surface area (Å²) in [5, 5.41) is 9.54. The van der Waals surface area contributed by atoms with Crippen LogP contribution >= 0.6 is 0 Å². The van der Waals surface area contributed by atoms with Crippen molar-refractivity contribution in [3.63, 3.8) is 0 Å². The van der Waals surface area contributed by atoms with Crippen molar-refractivity contribution in [2.24, 2.45) is 0 Å². The van der Waals surface area contributed by atoms with Crippen molar-refractivity contribution in [2.45, 2.75) is 206 Å². The summed E-state index contributed by atoms with van der Waals surface area (Å²) in [6.07, 6.45) is 42.3. The highest BCUT2D eigenvalue weighted by Crippen LogP contribution is 2.13. The average molecular weight is 635 g/mol. The van der Waals surface area contributed by atoms with Crippen LogP contribution in [0.3, 0.4) is 0 Å². The summed E-state index contributed by atoms with van der Waals surface area (Å²) in [7, 11) is 0. The van der Waals surface area contributed by atoms with Crippen LogP contribution in [0.1, 0.15) is 200 Å². The molecule has 0 aromatic carbocycles. The maximum Gasteiger partial charge on any atom is 0.306 e. The van der Waals surface area contributed by atoms with E-state index in [0.29, 0.717) is 12.8 Å². The Hall–Kier alpha value is -1.62. The highest BCUT2D eigenvalue weighted by molar-refractivity contribution is 5.70. The van der Waals surface area contributed by atoms with Crippen molar-refractivity contribution in [3.05, 3.63) is 24.3 Å². The number of carbonyl (C=O) groups excluding carboxylic acids is 2. The highest BCUT2D eigenvalue weighted by atomic mass is 16.6. The number of rotatable bonds is 35. The molecular formula is C40H74O5. The van der Waals surface area contributed by atoms with Crippen LogP contribution in [0.2, 0.25) is 0 Å². The molecule has 1 atom stereocenters. The van der Waals surface area contributed by atoms with Crippen molar-refractivity contribution in [2.75, 3.05) is 13.2 Å². The molecule has 0 heterocycles. The number of esters is 2. The fourth-order valence-electron chi connectivity index (χ4n) is 5.48. The lowest BCUT2D eigenvalue weighted by molar-refractivity contribution is -0.161. The Morgan fingerprint density at radius 2 is 0.822 bits per heavy atom. The van der Waals surface area contributed by atoms with Gasteiger partial charge in [0.2, 0.25) is 0 Å². The largest absolute Gasteiger partial charge is 0.462 e. The van der Waals surface area contributed by atoms with E-state index in [1.165, 1.54) is 128 Å². The molecule has 45 heavy (non-hydrogen) atoms. The van der Waals surface area contributed by atoms with Gasteiger partial charge >= 0.3 is 11.9 Å². The first-order valence-corrected chi connectivity index (χ1v) is 19.4. The smallest absolute Gasteiger partial charge is 0.306 e. The lowest BCUT2D eigenvalue weighted by Gasteiger charge is -2.15. The van der Waals surface area contributed by atoms with Gasteiger partial charge in [0.25, 0.3) is 0 Å². The third-order valence-corrected chi connectivity index (χ3v) is 8.47. The van der Waals surface area contributed by atoms with Gasteiger partial charge in [0, 0.05) is 12.8 Å². The zero-order valence-corrected chi connectivity index (χ0v) is 29.9. The fraction of sp³-hybridized carbons (Fsp3) is 0.850. The molecule has 0 aliphatic rings. The number of hydrogen-bond donors (Lipinski definition) is 1. The monoisotopic (exact) mass is 635 g/mol. The summed E-state index contributed by atoms with van der Waals surface area (Å²) in [6, 6.07) is 0. The molecule has 1 unspecified atom stereocenters. The summed E-state index contributed by atoms with van der Waals surface area (Å²) in [6.45, 7) is 4.11. The van der Waals surface area contributed by atoms with Crippen LogP contribution in [0.15, 0.2) is 24.3 Å². The standard InChI is InChI=1S/C40H74O5/c1-3-5-7-9-11-13-15-17-18-19-20-21-23-25-27-29-31-33-35-40(43)45-38(36-41)37-44-39(42)34-32-30-28-26-24-22-16-14-12-10-8-6-4-2/h14,16,18-19,38,41H,3-13,15,17,20-37H2,1-2H3/b16-14-,19-18-. The first-order valence-electron chi connectivity index (χ1n) is 19.4. The molecule has 0 fully saturated rings. The molecule has 0 amide bonds. The van der Waals surface area contributed by atoms with Crippen LogP contribution in [0, 0.1) is 0 Å². The maximum absolute atomic E-state index is 12.2. The minimum Gasteiger partial charge on any atom is -0.462 e. The molecule has 0 aromatic heterocycles. The van der Waals surface area contributed by atoms with Crippen molar-refractivity contribution in [3.8, 4) is 0 Å². The van der Waals surface area contributed by atoms with Gasteiger partial charge in [-0.1, -0.05) is 147 Å². The molecule has 0 aliphatic carbocycles. The van der Waals surface area contributed by atoms with Gasteiger partial charge in [-0.3, -0.25) is 9.59 Å². The number of aliphatic hydroxyl groups excluding tert-OH is 1. The molecule has 0 spiro atoms. The van der Waals surface area contributed by atoms with Gasteiger partial charge in [0.1, 0.15) is 6.61 Å². The minimum atomic E-state index is -0.772. The Balaban J connectivity index is 3.55. The number of allylic oxidation sites excluding steroid dienone is 4. The number of carbonyl (C=O) groups is 2. The van der Waals surface area contributed by atoms with Crippen LogP contribution < -0.4 is 0 Å². The molecule has 0 saturated carbocycles. The minimum absolute atomic E-state index is 0.0693. The Bertz CT molecular complexity index is 686. The van der Waals surface area contributed by atoms with Crippen molar-refractivity contribution < 1.29 is 24.2 Å². The van der Waals surface area contributed by atoms with Gasteiger partial charge in [-0.2, -0.15) is 0 Å².